The van der Waals surface area contributed by atoms with Crippen LogP contribution in [0.15, 0.2) is 283 Å². The van der Waals surface area contributed by atoms with E-state index in [1.807, 2.05) is 0 Å². The molecule has 1 aromatic heterocycles. The summed E-state index contributed by atoms with van der Waals surface area (Å²) in [6.07, 6.45) is 14.4. The number of para-hydroxylation sites is 5. The fraction of sp³-hybridized carbons (Fsp3) is 0.0606. The summed E-state index contributed by atoms with van der Waals surface area (Å²) in [6.45, 7) is 0. The van der Waals surface area contributed by atoms with Crippen molar-refractivity contribution in [1.29, 1.82) is 0 Å². The third-order valence-corrected chi connectivity index (χ3v) is 13.7. The quantitative estimate of drug-likeness (QED) is 0.125. The number of fused-ring (bicyclic) bond motifs is 3. The molecule has 1 N–H and O–H groups in total. The second-order valence-corrected chi connectivity index (χ2v) is 18.1. The fourth-order valence-corrected chi connectivity index (χ4v) is 10.2. The molecule has 71 heavy (non-hydrogen) atoms. The first-order valence-electron chi connectivity index (χ1n) is 24.6. The minimum atomic E-state index is 0.177. The van der Waals surface area contributed by atoms with Crippen molar-refractivity contribution in [3.05, 3.63) is 284 Å². The third-order valence-electron chi connectivity index (χ3n) is 13.7. The predicted molar refractivity (Wildman–Crippen MR) is 298 cm³/mol. The molecule has 2 aliphatic rings. The van der Waals surface area contributed by atoms with Gasteiger partial charge in [-0.15, -0.1) is 0 Å². The van der Waals surface area contributed by atoms with E-state index >= 15 is 0 Å². The minimum absolute atomic E-state index is 0.177. The van der Waals surface area contributed by atoms with Gasteiger partial charge in [0.25, 0.3) is 0 Å². The summed E-state index contributed by atoms with van der Waals surface area (Å²) in [5.41, 5.74) is 17.5. The Balaban J connectivity index is 0.847. The van der Waals surface area contributed by atoms with Crippen molar-refractivity contribution in [1.82, 2.24) is 0 Å². The first-order valence-corrected chi connectivity index (χ1v) is 24.6. The second kappa shape index (κ2) is 19.5. The van der Waals surface area contributed by atoms with Crippen molar-refractivity contribution in [2.24, 2.45) is 0 Å². The molecule has 0 saturated heterocycles. The Morgan fingerprint density at radius 3 is 1.51 bits per heavy atom. The van der Waals surface area contributed by atoms with E-state index in [9.17, 15) is 0 Å². The molecule has 0 amide bonds. The number of allylic oxidation sites excluding steroid dienone is 5. The zero-order valence-electron chi connectivity index (χ0n) is 39.4. The Kier molecular flexibility index (Phi) is 11.9. The largest absolute Gasteiger partial charge is 0.452 e. The van der Waals surface area contributed by atoms with E-state index < -0.39 is 0 Å². The number of rotatable bonds is 13. The number of hydrogen-bond donors (Lipinski definition) is 1. The van der Waals surface area contributed by atoms with Crippen LogP contribution in [-0.2, 0) is 0 Å². The number of nitrogens with one attached hydrogen (secondary N) is 1. The molecule has 9 aromatic carbocycles. The summed E-state index contributed by atoms with van der Waals surface area (Å²) in [6, 6.07) is 83.9. The maximum atomic E-state index is 7.05. The van der Waals surface area contributed by atoms with Gasteiger partial charge in [0.2, 0.25) is 0 Å². The molecule has 2 aliphatic carbocycles. The zero-order chi connectivity index (χ0) is 47.3. The van der Waals surface area contributed by atoms with Gasteiger partial charge in [-0.3, -0.25) is 0 Å². The highest BCUT2D eigenvalue weighted by molar-refractivity contribution is 6.13. The Hall–Kier alpha value is -9.06. The lowest BCUT2D eigenvalue weighted by Crippen LogP contribution is -2.34. The van der Waals surface area contributed by atoms with Crippen LogP contribution in [0.3, 0.4) is 0 Å². The monoisotopic (exact) mass is 916 g/mol. The minimum Gasteiger partial charge on any atom is -0.452 e. The Bertz CT molecular complexity index is 3560. The molecular weight excluding hydrogens is 865 g/mol. The van der Waals surface area contributed by atoms with Gasteiger partial charge < -0.3 is 24.4 Å². The van der Waals surface area contributed by atoms with Gasteiger partial charge in [0.05, 0.1) is 17.4 Å². The number of anilines is 8. The van der Waals surface area contributed by atoms with Crippen LogP contribution in [0, 0.1) is 0 Å². The van der Waals surface area contributed by atoms with Gasteiger partial charge in [0.1, 0.15) is 0 Å². The Morgan fingerprint density at radius 2 is 0.915 bits per heavy atom. The number of benzene rings is 9. The van der Waals surface area contributed by atoms with Gasteiger partial charge in [-0.2, -0.15) is 0 Å². The molecule has 0 aliphatic heterocycles. The van der Waals surface area contributed by atoms with Crippen LogP contribution in [0.25, 0.3) is 38.6 Å². The smallest absolute Gasteiger partial charge is 0.159 e. The summed E-state index contributed by atoms with van der Waals surface area (Å²) < 4.78 is 7.05. The van der Waals surface area contributed by atoms with E-state index in [1.165, 1.54) is 33.6 Å². The highest BCUT2D eigenvalue weighted by Gasteiger charge is 2.25. The van der Waals surface area contributed by atoms with Gasteiger partial charge >= 0.3 is 0 Å². The van der Waals surface area contributed by atoms with Gasteiger partial charge in [-0.05, 0) is 139 Å². The lowest BCUT2D eigenvalue weighted by Gasteiger charge is -2.36. The summed E-state index contributed by atoms with van der Waals surface area (Å²) >= 11 is 0. The molecule has 0 radical (unpaired) electrons. The molecule has 0 fully saturated rings. The summed E-state index contributed by atoms with van der Waals surface area (Å²) in [5.74, 6) is 0. The summed E-state index contributed by atoms with van der Waals surface area (Å²) in [7, 11) is 0. The molecular formula is C66H52N4O. The molecule has 1 unspecified atom stereocenters. The number of hydrogen-bond acceptors (Lipinski definition) is 5. The van der Waals surface area contributed by atoms with Crippen molar-refractivity contribution >= 4 is 73.0 Å². The summed E-state index contributed by atoms with van der Waals surface area (Å²) in [5, 5.41) is 5.90. The van der Waals surface area contributed by atoms with Crippen LogP contribution in [0.5, 0.6) is 0 Å². The topological polar surface area (TPSA) is 34.9 Å². The van der Waals surface area contributed by atoms with Crippen molar-refractivity contribution in [2.75, 3.05) is 20.0 Å². The maximum Gasteiger partial charge on any atom is 0.159 e. The van der Waals surface area contributed by atoms with Crippen LogP contribution in [0.4, 0.5) is 45.5 Å². The molecule has 5 heteroatoms. The predicted octanol–water partition coefficient (Wildman–Crippen LogP) is 18.1. The van der Waals surface area contributed by atoms with Crippen molar-refractivity contribution in [2.45, 2.75) is 25.3 Å². The second-order valence-electron chi connectivity index (χ2n) is 18.1. The van der Waals surface area contributed by atoms with E-state index in [1.54, 1.807) is 0 Å². The van der Waals surface area contributed by atoms with E-state index in [2.05, 4.69) is 287 Å². The lowest BCUT2D eigenvalue weighted by atomic mass is 9.94. The average molecular weight is 917 g/mol. The highest BCUT2D eigenvalue weighted by Crippen LogP contribution is 2.45. The van der Waals surface area contributed by atoms with Crippen molar-refractivity contribution in [3.8, 4) is 11.1 Å². The highest BCUT2D eigenvalue weighted by atomic mass is 16.3. The molecule has 5 nitrogen and oxygen atoms in total. The normalized spacial score (nSPS) is 14.4. The fourth-order valence-electron chi connectivity index (χ4n) is 10.2. The molecule has 12 rings (SSSR count). The first kappa shape index (κ1) is 43.2. The lowest BCUT2D eigenvalue weighted by molar-refractivity contribution is 0.670. The first-order chi connectivity index (χ1) is 35.2. The van der Waals surface area contributed by atoms with E-state index in [-0.39, 0.29) is 6.04 Å². The van der Waals surface area contributed by atoms with Crippen molar-refractivity contribution in [3.63, 3.8) is 0 Å². The van der Waals surface area contributed by atoms with Crippen LogP contribution in [0.2, 0.25) is 0 Å². The molecule has 10 aromatic rings. The van der Waals surface area contributed by atoms with E-state index in [4.69, 9.17) is 4.42 Å². The maximum absolute atomic E-state index is 7.05. The number of furan rings is 1. The van der Waals surface area contributed by atoms with Gasteiger partial charge in [-0.25, -0.2) is 0 Å². The Labute approximate surface area is 415 Å². The third kappa shape index (κ3) is 8.82. The van der Waals surface area contributed by atoms with Crippen molar-refractivity contribution < 1.29 is 4.42 Å². The molecule has 1 atom stereocenters. The molecule has 1 heterocycles. The molecule has 0 spiro atoms. The SMILES string of the molecule is C1=CC(N(C2=CC=C(c3ccccc3)CC2)c2ccccc2)CC=C1Nc1cccc2c1oc1c(N(c3ccccc3)c3ccc(N(c4ccccc4)c4ccc(-c5ccccc5)cc4)cc3)cccc12. The average Bonchev–Trinajstić information content (AvgIpc) is 3.84. The standard InChI is InChI=1S/C66H52N4O/c1-6-18-48(19-7-1)50-32-38-56(39-33-50)68(53-22-10-3-11-23-53)58-42-36-52(37-43-58)67-63-30-16-28-61-62-29-17-31-64(66(62)71-65(61)63)70(55-26-14-5-15-27-55)60-46-44-59(45-47-60)69(54-24-12-4-13-25-54)57-40-34-51(35-41-57)49-20-8-2-9-21-49/h1-32,34-38,40-42,44-47,58,67H,33,39,43H2. The Morgan fingerprint density at radius 1 is 0.408 bits per heavy atom. The molecule has 0 bridgehead atoms. The molecule has 0 saturated carbocycles. The summed E-state index contributed by atoms with van der Waals surface area (Å²) in [4.78, 5) is 7.12. The van der Waals surface area contributed by atoms with Gasteiger partial charge in [-0.1, -0.05) is 170 Å². The van der Waals surface area contributed by atoms with E-state index in [0.717, 1.165) is 86.7 Å². The van der Waals surface area contributed by atoms with E-state index in [0.29, 0.717) is 0 Å². The van der Waals surface area contributed by atoms with Crippen LogP contribution < -0.4 is 20.0 Å². The van der Waals surface area contributed by atoms with Gasteiger partial charge in [0, 0.05) is 56.3 Å². The van der Waals surface area contributed by atoms with Crippen LogP contribution in [0.1, 0.15) is 24.8 Å². The van der Waals surface area contributed by atoms with Gasteiger partial charge in [0.15, 0.2) is 11.2 Å². The van der Waals surface area contributed by atoms with Crippen LogP contribution >= 0.6 is 0 Å². The van der Waals surface area contributed by atoms with Crippen LogP contribution in [-0.4, -0.2) is 6.04 Å². The zero-order valence-corrected chi connectivity index (χ0v) is 39.4. The molecule has 342 valence electrons. The number of nitrogens with zero attached hydrogens (tertiary/aromatic N) is 3.